The summed E-state index contributed by atoms with van der Waals surface area (Å²) >= 11 is 0. The summed E-state index contributed by atoms with van der Waals surface area (Å²) in [7, 11) is 0. The van der Waals surface area contributed by atoms with Crippen LogP contribution in [0.15, 0.2) is 18.2 Å². The molecule has 0 saturated heterocycles. The predicted octanol–water partition coefficient (Wildman–Crippen LogP) is 2.65. The number of benzene rings is 1. The van der Waals surface area contributed by atoms with E-state index in [9.17, 15) is 17.6 Å². The number of alkyl halides is 3. The van der Waals surface area contributed by atoms with E-state index in [1.807, 2.05) is 0 Å². The Hall–Kier alpha value is -1.01. The van der Waals surface area contributed by atoms with Crippen LogP contribution in [0.2, 0.25) is 0 Å². The number of nitrogens with two attached hydrogens (primary N) is 1. The van der Waals surface area contributed by atoms with E-state index < -0.39 is 18.6 Å². The van der Waals surface area contributed by atoms with Crippen molar-refractivity contribution >= 4 is 12.4 Å². The van der Waals surface area contributed by atoms with E-state index >= 15 is 0 Å². The summed E-state index contributed by atoms with van der Waals surface area (Å²) < 4.78 is 52.6. The summed E-state index contributed by atoms with van der Waals surface area (Å²) in [5.41, 5.74) is 5.44. The molecular formula is C9H10ClF4NO. The maximum absolute atomic E-state index is 12.7. The van der Waals surface area contributed by atoms with Crippen LogP contribution in [0.1, 0.15) is 5.56 Å². The first-order chi connectivity index (χ1) is 6.92. The topological polar surface area (TPSA) is 35.2 Å². The van der Waals surface area contributed by atoms with Crippen molar-refractivity contribution in [1.82, 2.24) is 0 Å². The minimum absolute atomic E-state index is 0. The van der Waals surface area contributed by atoms with Gasteiger partial charge in [-0.2, -0.15) is 13.2 Å². The molecule has 2 N–H and O–H groups in total. The molecule has 0 amide bonds. The summed E-state index contributed by atoms with van der Waals surface area (Å²) in [6.07, 6.45) is -4.42. The lowest BCUT2D eigenvalue weighted by molar-refractivity contribution is -0.153. The van der Waals surface area contributed by atoms with Gasteiger partial charge in [0.15, 0.2) is 6.61 Å². The maximum atomic E-state index is 12.7. The van der Waals surface area contributed by atoms with Gasteiger partial charge in [-0.05, 0) is 18.2 Å². The lowest BCUT2D eigenvalue weighted by Gasteiger charge is -2.12. The van der Waals surface area contributed by atoms with E-state index in [4.69, 9.17) is 5.73 Å². The number of hydrogen-bond acceptors (Lipinski definition) is 2. The summed E-state index contributed by atoms with van der Waals surface area (Å²) in [4.78, 5) is 0. The van der Waals surface area contributed by atoms with Crippen molar-refractivity contribution < 1.29 is 22.3 Å². The Morgan fingerprint density at radius 2 is 1.88 bits per heavy atom. The Bertz CT molecular complexity index is 343. The Labute approximate surface area is 95.8 Å². The van der Waals surface area contributed by atoms with Crippen molar-refractivity contribution in [3.8, 4) is 5.75 Å². The number of rotatable bonds is 3. The molecule has 1 aromatic carbocycles. The molecule has 0 aliphatic heterocycles. The third kappa shape index (κ3) is 4.67. The predicted molar refractivity (Wildman–Crippen MR) is 53.1 cm³/mol. The monoisotopic (exact) mass is 259 g/mol. The molecule has 1 rings (SSSR count). The Kier molecular flexibility index (Phi) is 5.53. The second kappa shape index (κ2) is 5.91. The summed E-state index contributed by atoms with van der Waals surface area (Å²) in [5, 5.41) is 0. The number of ether oxygens (including phenoxy) is 1. The van der Waals surface area contributed by atoms with Crippen molar-refractivity contribution in [2.24, 2.45) is 5.73 Å². The van der Waals surface area contributed by atoms with E-state index in [-0.39, 0.29) is 30.3 Å². The van der Waals surface area contributed by atoms with Gasteiger partial charge in [-0.15, -0.1) is 12.4 Å². The summed E-state index contributed by atoms with van der Waals surface area (Å²) in [5.74, 6) is -0.606. The van der Waals surface area contributed by atoms with Gasteiger partial charge in [0.25, 0.3) is 0 Å². The minimum atomic E-state index is -4.42. The fraction of sp³-hybridized carbons (Fsp3) is 0.333. The zero-order valence-electron chi connectivity index (χ0n) is 8.05. The third-order valence-electron chi connectivity index (χ3n) is 1.63. The number of halogens is 5. The van der Waals surface area contributed by atoms with E-state index in [2.05, 4.69) is 4.74 Å². The minimum Gasteiger partial charge on any atom is -0.484 e. The van der Waals surface area contributed by atoms with Crippen molar-refractivity contribution in [2.75, 3.05) is 6.61 Å². The van der Waals surface area contributed by atoms with Crippen LogP contribution < -0.4 is 10.5 Å². The lowest BCUT2D eigenvalue weighted by Crippen LogP contribution is -2.20. The fourth-order valence-electron chi connectivity index (χ4n) is 1.01. The Balaban J connectivity index is 0.00000225. The molecule has 1 aromatic rings. The molecule has 0 atom stereocenters. The van der Waals surface area contributed by atoms with E-state index in [1.54, 1.807) is 0 Å². The molecule has 0 fully saturated rings. The van der Waals surface area contributed by atoms with E-state index in [0.717, 1.165) is 18.2 Å². The Morgan fingerprint density at radius 1 is 1.25 bits per heavy atom. The first-order valence-corrected chi connectivity index (χ1v) is 4.10. The van der Waals surface area contributed by atoms with Crippen LogP contribution in [0.5, 0.6) is 5.75 Å². The molecule has 0 unspecified atom stereocenters. The van der Waals surface area contributed by atoms with Crippen LogP contribution in [-0.2, 0) is 6.54 Å². The average Bonchev–Trinajstić information content (AvgIpc) is 2.14. The van der Waals surface area contributed by atoms with Gasteiger partial charge in [0, 0.05) is 12.1 Å². The van der Waals surface area contributed by atoms with Crippen molar-refractivity contribution in [3.05, 3.63) is 29.6 Å². The van der Waals surface area contributed by atoms with Crippen LogP contribution in [0.3, 0.4) is 0 Å². The SMILES string of the molecule is Cl.NCc1cc(F)ccc1OCC(F)(F)F. The van der Waals surface area contributed by atoms with Gasteiger partial charge in [-0.3, -0.25) is 0 Å². The highest BCUT2D eigenvalue weighted by Gasteiger charge is 2.28. The highest BCUT2D eigenvalue weighted by Crippen LogP contribution is 2.22. The van der Waals surface area contributed by atoms with Crippen LogP contribution in [0, 0.1) is 5.82 Å². The quantitative estimate of drug-likeness (QED) is 0.847. The molecule has 2 nitrogen and oxygen atoms in total. The second-order valence-corrected chi connectivity index (χ2v) is 2.86. The first-order valence-electron chi connectivity index (χ1n) is 4.10. The van der Waals surface area contributed by atoms with Gasteiger partial charge in [0.1, 0.15) is 11.6 Å². The van der Waals surface area contributed by atoms with Crippen LogP contribution >= 0.6 is 12.4 Å². The molecule has 16 heavy (non-hydrogen) atoms. The summed E-state index contributed by atoms with van der Waals surface area (Å²) in [6.45, 7) is -1.49. The molecule has 0 aromatic heterocycles. The maximum Gasteiger partial charge on any atom is 0.422 e. The number of hydrogen-bond donors (Lipinski definition) is 1. The van der Waals surface area contributed by atoms with E-state index in [0.29, 0.717) is 0 Å². The van der Waals surface area contributed by atoms with Gasteiger partial charge < -0.3 is 10.5 Å². The molecule has 0 spiro atoms. The Morgan fingerprint density at radius 3 is 2.38 bits per heavy atom. The lowest BCUT2D eigenvalue weighted by atomic mass is 10.2. The molecule has 0 aliphatic carbocycles. The van der Waals surface area contributed by atoms with Gasteiger partial charge in [-0.1, -0.05) is 0 Å². The highest BCUT2D eigenvalue weighted by molar-refractivity contribution is 5.85. The fourth-order valence-corrected chi connectivity index (χ4v) is 1.01. The van der Waals surface area contributed by atoms with Gasteiger partial charge in [0.05, 0.1) is 0 Å². The molecule has 0 aliphatic rings. The van der Waals surface area contributed by atoms with Gasteiger partial charge >= 0.3 is 6.18 Å². The van der Waals surface area contributed by atoms with Crippen molar-refractivity contribution in [2.45, 2.75) is 12.7 Å². The van der Waals surface area contributed by atoms with Gasteiger partial charge in [-0.25, -0.2) is 4.39 Å². The molecule has 0 saturated carbocycles. The zero-order valence-corrected chi connectivity index (χ0v) is 8.87. The highest BCUT2D eigenvalue weighted by atomic mass is 35.5. The van der Waals surface area contributed by atoms with Crippen LogP contribution in [0.25, 0.3) is 0 Å². The van der Waals surface area contributed by atoms with Crippen molar-refractivity contribution in [1.29, 1.82) is 0 Å². The standard InChI is InChI=1S/C9H9F4NO.ClH/c10-7-1-2-8(6(3-7)4-14)15-5-9(11,12)13;/h1-3H,4-5,14H2;1H. The van der Waals surface area contributed by atoms with Crippen LogP contribution in [-0.4, -0.2) is 12.8 Å². The molecule has 0 radical (unpaired) electrons. The third-order valence-corrected chi connectivity index (χ3v) is 1.63. The largest absolute Gasteiger partial charge is 0.484 e. The average molecular weight is 260 g/mol. The zero-order chi connectivity index (χ0) is 11.5. The molecule has 0 bridgehead atoms. The van der Waals surface area contributed by atoms with Gasteiger partial charge in [0.2, 0.25) is 0 Å². The van der Waals surface area contributed by atoms with Crippen molar-refractivity contribution in [3.63, 3.8) is 0 Å². The van der Waals surface area contributed by atoms with E-state index in [1.165, 1.54) is 0 Å². The smallest absolute Gasteiger partial charge is 0.422 e. The van der Waals surface area contributed by atoms with Crippen LogP contribution in [0.4, 0.5) is 17.6 Å². The molecule has 92 valence electrons. The first kappa shape index (κ1) is 15.0. The normalized spacial score (nSPS) is 10.8. The molecule has 0 heterocycles. The second-order valence-electron chi connectivity index (χ2n) is 2.86. The molecule has 7 heteroatoms. The summed E-state index contributed by atoms with van der Waals surface area (Å²) in [6, 6.07) is 3.19. The molecular weight excluding hydrogens is 250 g/mol.